The van der Waals surface area contributed by atoms with Crippen LogP contribution in [-0.4, -0.2) is 44.1 Å². The summed E-state index contributed by atoms with van der Waals surface area (Å²) in [6.45, 7) is 1.83. The number of aromatic nitrogens is 2. The van der Waals surface area contributed by atoms with Gasteiger partial charge in [-0.1, -0.05) is 35.9 Å². The van der Waals surface area contributed by atoms with Gasteiger partial charge in [0.15, 0.2) is 5.72 Å². The zero-order chi connectivity index (χ0) is 23.5. The number of hydrogen-bond acceptors (Lipinski definition) is 5. The number of hydrogen-bond donors (Lipinski definition) is 3. The average Bonchev–Trinajstić information content (AvgIpc) is 3.48. The summed E-state index contributed by atoms with van der Waals surface area (Å²) in [5.74, 6) is -0.152. The summed E-state index contributed by atoms with van der Waals surface area (Å²) in [5.41, 5.74) is 0.623. The van der Waals surface area contributed by atoms with Gasteiger partial charge in [-0.25, -0.2) is 9.78 Å². The maximum atomic E-state index is 13.5. The number of anilines is 1. The molecule has 0 spiro atoms. The van der Waals surface area contributed by atoms with E-state index in [0.29, 0.717) is 32.7 Å². The number of halogens is 1. The SMILES string of the molecule is CC(c1sccc1Cl)N1C(=O)c2ccccc2C1(O)c1ccc2nc(N(C)C(=O)O)[nH]c2c1. The van der Waals surface area contributed by atoms with E-state index in [9.17, 15) is 19.8 Å². The Labute approximate surface area is 197 Å². The Morgan fingerprint density at radius 2 is 2.03 bits per heavy atom. The van der Waals surface area contributed by atoms with E-state index < -0.39 is 17.9 Å². The second-order valence-corrected chi connectivity index (χ2v) is 9.19. The lowest BCUT2D eigenvalue weighted by atomic mass is 9.92. The maximum absolute atomic E-state index is 13.5. The molecule has 168 valence electrons. The highest BCUT2D eigenvalue weighted by Crippen LogP contribution is 2.48. The van der Waals surface area contributed by atoms with Gasteiger partial charge in [-0.15, -0.1) is 11.3 Å². The minimum Gasteiger partial charge on any atom is -0.465 e. The van der Waals surface area contributed by atoms with Gasteiger partial charge in [0.2, 0.25) is 5.95 Å². The zero-order valence-electron chi connectivity index (χ0n) is 17.6. The van der Waals surface area contributed by atoms with Crippen molar-refractivity contribution < 1.29 is 19.8 Å². The van der Waals surface area contributed by atoms with Crippen molar-refractivity contribution in [3.05, 3.63) is 80.5 Å². The number of carbonyl (C=O) groups is 2. The molecule has 0 aliphatic carbocycles. The Morgan fingerprint density at radius 3 is 2.73 bits per heavy atom. The average molecular weight is 483 g/mol. The van der Waals surface area contributed by atoms with Crippen molar-refractivity contribution in [1.29, 1.82) is 0 Å². The van der Waals surface area contributed by atoms with Crippen LogP contribution in [-0.2, 0) is 5.72 Å². The van der Waals surface area contributed by atoms with E-state index in [1.807, 2.05) is 12.3 Å². The van der Waals surface area contributed by atoms with Crippen molar-refractivity contribution in [2.24, 2.45) is 0 Å². The van der Waals surface area contributed by atoms with Crippen LogP contribution in [0, 0.1) is 0 Å². The minimum absolute atomic E-state index is 0.153. The van der Waals surface area contributed by atoms with Gasteiger partial charge in [-0.3, -0.25) is 14.6 Å². The number of nitrogens with zero attached hydrogens (tertiary/aromatic N) is 3. The van der Waals surface area contributed by atoms with Gasteiger partial charge >= 0.3 is 6.09 Å². The molecule has 2 unspecified atom stereocenters. The largest absolute Gasteiger partial charge is 0.465 e. The van der Waals surface area contributed by atoms with Crippen LogP contribution in [0.25, 0.3) is 11.0 Å². The monoisotopic (exact) mass is 482 g/mol. The van der Waals surface area contributed by atoms with Crippen LogP contribution in [0.5, 0.6) is 0 Å². The highest BCUT2D eigenvalue weighted by atomic mass is 35.5. The second-order valence-electron chi connectivity index (χ2n) is 7.84. The smallest absolute Gasteiger partial charge is 0.413 e. The molecule has 2 atom stereocenters. The molecule has 8 nitrogen and oxygen atoms in total. The van der Waals surface area contributed by atoms with Crippen LogP contribution in [0.4, 0.5) is 10.7 Å². The van der Waals surface area contributed by atoms with E-state index in [2.05, 4.69) is 9.97 Å². The molecule has 4 aromatic rings. The molecule has 0 radical (unpaired) electrons. The molecular weight excluding hydrogens is 464 g/mol. The van der Waals surface area contributed by atoms with Crippen molar-refractivity contribution >= 4 is 51.9 Å². The molecule has 0 saturated carbocycles. The van der Waals surface area contributed by atoms with Crippen molar-refractivity contribution in [2.45, 2.75) is 18.7 Å². The Kier molecular flexibility index (Phi) is 4.93. The Balaban J connectivity index is 1.69. The number of fused-ring (bicyclic) bond motifs is 2. The third-order valence-electron chi connectivity index (χ3n) is 5.99. The van der Waals surface area contributed by atoms with E-state index >= 15 is 0 Å². The fraction of sp³-hybridized carbons (Fsp3) is 0.174. The standard InChI is InChI=1S/C23H19ClN4O4S/c1-12(19-16(24)9-10-33-19)28-20(29)14-5-3-4-6-15(14)23(28,32)13-7-8-17-18(11-13)26-21(25-17)27(2)22(30)31/h3-12,32H,1-2H3,(H,25,26)(H,30,31). The summed E-state index contributed by atoms with van der Waals surface area (Å²) in [5, 5.41) is 23.8. The summed E-state index contributed by atoms with van der Waals surface area (Å²) in [6.07, 6.45) is -1.16. The molecule has 3 N–H and O–H groups in total. The van der Waals surface area contributed by atoms with Crippen LogP contribution in [0.1, 0.15) is 39.3 Å². The highest BCUT2D eigenvalue weighted by molar-refractivity contribution is 7.10. The lowest BCUT2D eigenvalue weighted by molar-refractivity contribution is -0.0670. The number of H-pyrrole nitrogens is 1. The van der Waals surface area contributed by atoms with E-state index in [-0.39, 0.29) is 11.9 Å². The molecule has 10 heteroatoms. The first-order valence-electron chi connectivity index (χ1n) is 10.1. The summed E-state index contributed by atoms with van der Waals surface area (Å²) in [4.78, 5) is 35.3. The fourth-order valence-corrected chi connectivity index (χ4v) is 5.58. The number of carbonyl (C=O) groups excluding carboxylic acids is 1. The van der Waals surface area contributed by atoms with E-state index in [1.165, 1.54) is 23.3 Å². The molecule has 1 aliphatic rings. The predicted molar refractivity (Wildman–Crippen MR) is 126 cm³/mol. The molecule has 3 heterocycles. The van der Waals surface area contributed by atoms with Gasteiger partial charge in [0.1, 0.15) is 0 Å². The molecule has 33 heavy (non-hydrogen) atoms. The third kappa shape index (κ3) is 3.12. The van der Waals surface area contributed by atoms with Crippen molar-refractivity contribution in [1.82, 2.24) is 14.9 Å². The lowest BCUT2D eigenvalue weighted by Crippen LogP contribution is -2.46. The van der Waals surface area contributed by atoms with E-state index in [4.69, 9.17) is 11.6 Å². The van der Waals surface area contributed by atoms with Gasteiger partial charge in [0, 0.05) is 28.6 Å². The second kappa shape index (κ2) is 7.58. The van der Waals surface area contributed by atoms with Gasteiger partial charge < -0.3 is 15.2 Å². The highest BCUT2D eigenvalue weighted by Gasteiger charge is 2.52. The van der Waals surface area contributed by atoms with Crippen LogP contribution in [0.15, 0.2) is 53.9 Å². The van der Waals surface area contributed by atoms with Gasteiger partial charge in [-0.05, 0) is 36.6 Å². The molecule has 2 aromatic heterocycles. The first kappa shape index (κ1) is 21.4. The van der Waals surface area contributed by atoms with Crippen molar-refractivity contribution in [3.63, 3.8) is 0 Å². The molecule has 2 aromatic carbocycles. The van der Waals surface area contributed by atoms with Crippen LogP contribution < -0.4 is 4.90 Å². The van der Waals surface area contributed by atoms with Gasteiger partial charge in [0.25, 0.3) is 5.91 Å². The third-order valence-corrected chi connectivity index (χ3v) is 7.52. The maximum Gasteiger partial charge on any atom is 0.413 e. The van der Waals surface area contributed by atoms with Crippen LogP contribution in [0.3, 0.4) is 0 Å². The van der Waals surface area contributed by atoms with Crippen molar-refractivity contribution in [3.8, 4) is 0 Å². The van der Waals surface area contributed by atoms with Crippen LogP contribution in [0.2, 0.25) is 5.02 Å². The van der Waals surface area contributed by atoms with E-state index in [1.54, 1.807) is 48.5 Å². The molecule has 2 amide bonds. The zero-order valence-corrected chi connectivity index (χ0v) is 19.2. The first-order valence-corrected chi connectivity index (χ1v) is 11.3. The molecule has 0 bridgehead atoms. The van der Waals surface area contributed by atoms with E-state index in [0.717, 1.165) is 9.78 Å². The molecule has 5 rings (SSSR count). The quantitative estimate of drug-likeness (QED) is 0.387. The topological polar surface area (TPSA) is 110 Å². The Morgan fingerprint density at radius 1 is 1.27 bits per heavy atom. The minimum atomic E-state index is -1.77. The summed E-state index contributed by atoms with van der Waals surface area (Å²) in [6, 6.07) is 13.3. The number of aromatic amines is 1. The number of amides is 2. The number of benzene rings is 2. The molecular formula is C23H19ClN4O4S. The number of rotatable bonds is 4. The van der Waals surface area contributed by atoms with Crippen LogP contribution >= 0.6 is 22.9 Å². The van der Waals surface area contributed by atoms with Gasteiger partial charge in [-0.2, -0.15) is 0 Å². The normalized spacial score (nSPS) is 18.5. The summed E-state index contributed by atoms with van der Waals surface area (Å²) < 4.78 is 0. The molecule has 0 fully saturated rings. The fourth-order valence-electron chi connectivity index (χ4n) is 4.31. The number of nitrogens with one attached hydrogen (secondary N) is 1. The Bertz CT molecular complexity index is 1420. The Hall–Kier alpha value is -3.40. The number of thiophene rings is 1. The number of imidazole rings is 1. The predicted octanol–water partition coefficient (Wildman–Crippen LogP) is 4.80. The van der Waals surface area contributed by atoms with Crippen molar-refractivity contribution in [2.75, 3.05) is 11.9 Å². The van der Waals surface area contributed by atoms with Gasteiger partial charge in [0.05, 0.1) is 22.1 Å². The lowest BCUT2D eigenvalue weighted by Gasteiger charge is -2.38. The number of aliphatic hydroxyl groups is 1. The number of carboxylic acid groups (broad SMARTS) is 1. The summed E-state index contributed by atoms with van der Waals surface area (Å²) in [7, 11) is 1.38. The summed E-state index contributed by atoms with van der Waals surface area (Å²) >= 11 is 7.79. The molecule has 0 saturated heterocycles. The first-order chi connectivity index (χ1) is 15.7. The molecule has 1 aliphatic heterocycles.